The average Bonchev–Trinajstić information content (AvgIpc) is 3.16. The summed E-state index contributed by atoms with van der Waals surface area (Å²) in [4.78, 5) is 16.3. The Bertz CT molecular complexity index is 429. The normalized spacial score (nSPS) is 20.1. The number of ether oxygens (including phenoxy) is 1. The zero-order chi connectivity index (χ0) is 15.2. The Labute approximate surface area is 126 Å². The Morgan fingerprint density at radius 2 is 2.14 bits per heavy atom. The molecule has 0 radical (unpaired) electrons. The predicted molar refractivity (Wildman–Crippen MR) is 79.8 cm³/mol. The molecule has 0 unspecified atom stereocenters. The first-order valence-corrected chi connectivity index (χ1v) is 7.91. The molecule has 0 bridgehead atoms. The molecule has 0 aliphatic heterocycles. The van der Waals surface area contributed by atoms with Gasteiger partial charge in [-0.15, -0.1) is 0 Å². The van der Waals surface area contributed by atoms with Gasteiger partial charge in [0.1, 0.15) is 18.8 Å². The van der Waals surface area contributed by atoms with Gasteiger partial charge in [0, 0.05) is 6.04 Å². The van der Waals surface area contributed by atoms with Gasteiger partial charge in [-0.25, -0.2) is 9.67 Å². The number of rotatable bonds is 7. The predicted octanol–water partition coefficient (Wildman–Crippen LogP) is 2.08. The van der Waals surface area contributed by atoms with Gasteiger partial charge in [0.05, 0.1) is 12.1 Å². The molecule has 1 aromatic rings. The van der Waals surface area contributed by atoms with E-state index >= 15 is 0 Å². The van der Waals surface area contributed by atoms with Gasteiger partial charge < -0.3 is 10.1 Å². The number of nitrogens with one attached hydrogen (secondary N) is 1. The number of carbonyl (C=O) groups excluding carboxylic acids is 1. The molecule has 1 heterocycles. The van der Waals surface area contributed by atoms with Crippen LogP contribution in [0, 0.1) is 0 Å². The number of carbonyl (C=O) groups is 1. The van der Waals surface area contributed by atoms with Crippen LogP contribution in [0.25, 0.3) is 0 Å². The topological polar surface area (TPSA) is 69.0 Å². The summed E-state index contributed by atoms with van der Waals surface area (Å²) < 4.78 is 7.70. The van der Waals surface area contributed by atoms with Crippen LogP contribution in [0.4, 0.5) is 0 Å². The lowest BCUT2D eigenvalue weighted by Gasteiger charge is -2.25. The molecule has 1 amide bonds. The minimum Gasteiger partial charge on any atom is -0.365 e. The van der Waals surface area contributed by atoms with Crippen molar-refractivity contribution in [3.05, 3.63) is 12.7 Å². The van der Waals surface area contributed by atoms with Gasteiger partial charge in [-0.3, -0.25) is 4.79 Å². The van der Waals surface area contributed by atoms with Crippen molar-refractivity contribution in [3.63, 3.8) is 0 Å². The summed E-state index contributed by atoms with van der Waals surface area (Å²) in [7, 11) is 0. The van der Waals surface area contributed by atoms with Crippen molar-refractivity contribution in [2.75, 3.05) is 0 Å². The van der Waals surface area contributed by atoms with Crippen LogP contribution in [0.3, 0.4) is 0 Å². The smallest absolute Gasteiger partial charge is 0.249 e. The van der Waals surface area contributed by atoms with Crippen molar-refractivity contribution in [1.82, 2.24) is 20.1 Å². The van der Waals surface area contributed by atoms with E-state index in [1.165, 1.54) is 19.2 Å². The highest BCUT2D eigenvalue weighted by Gasteiger charge is 2.26. The Balaban J connectivity index is 1.85. The minimum atomic E-state index is -0.349. The lowest BCUT2D eigenvalue weighted by molar-refractivity contribution is -0.137. The largest absolute Gasteiger partial charge is 0.365 e. The first-order chi connectivity index (χ1) is 10.1. The third-order valence-electron chi connectivity index (χ3n) is 4.27. The second kappa shape index (κ2) is 7.54. The molecule has 3 atom stereocenters. The van der Waals surface area contributed by atoms with Gasteiger partial charge in [0.15, 0.2) is 0 Å². The maximum atomic E-state index is 12.4. The Morgan fingerprint density at radius 1 is 1.43 bits per heavy atom. The van der Waals surface area contributed by atoms with E-state index in [0.717, 1.165) is 12.8 Å². The van der Waals surface area contributed by atoms with E-state index in [0.29, 0.717) is 6.42 Å². The number of aromatic nitrogens is 3. The molecule has 6 heteroatoms. The zero-order valence-corrected chi connectivity index (χ0v) is 13.2. The van der Waals surface area contributed by atoms with Gasteiger partial charge in [-0.2, -0.15) is 5.10 Å². The Morgan fingerprint density at radius 3 is 2.71 bits per heavy atom. The summed E-state index contributed by atoms with van der Waals surface area (Å²) in [5.74, 6) is -0.0242. The van der Waals surface area contributed by atoms with Crippen molar-refractivity contribution in [1.29, 1.82) is 0 Å². The quantitative estimate of drug-likeness (QED) is 0.836. The molecule has 21 heavy (non-hydrogen) atoms. The zero-order valence-electron chi connectivity index (χ0n) is 13.2. The summed E-state index contributed by atoms with van der Waals surface area (Å²) >= 11 is 0. The highest BCUT2D eigenvalue weighted by Crippen LogP contribution is 2.23. The highest BCUT2D eigenvalue weighted by molar-refractivity contribution is 5.81. The lowest BCUT2D eigenvalue weighted by atomic mass is 10.1. The fourth-order valence-corrected chi connectivity index (χ4v) is 2.69. The first-order valence-electron chi connectivity index (χ1n) is 7.91. The van der Waals surface area contributed by atoms with E-state index in [1.54, 1.807) is 11.0 Å². The van der Waals surface area contributed by atoms with E-state index in [-0.39, 0.29) is 30.2 Å². The van der Waals surface area contributed by atoms with Gasteiger partial charge in [-0.05, 0) is 33.1 Å². The molecular weight excluding hydrogens is 268 g/mol. The van der Waals surface area contributed by atoms with Crippen LogP contribution >= 0.6 is 0 Å². The molecule has 0 saturated heterocycles. The Kier molecular flexibility index (Phi) is 5.73. The lowest BCUT2D eigenvalue weighted by Crippen LogP contribution is -2.45. The summed E-state index contributed by atoms with van der Waals surface area (Å²) in [6.45, 7) is 5.98. The third kappa shape index (κ3) is 4.27. The number of nitrogens with zero attached hydrogens (tertiary/aromatic N) is 3. The molecule has 1 aromatic heterocycles. The van der Waals surface area contributed by atoms with E-state index < -0.39 is 0 Å². The minimum absolute atomic E-state index is 0.0242. The summed E-state index contributed by atoms with van der Waals surface area (Å²) in [6.07, 6.45) is 8.35. The standard InChI is InChI=1S/C15H26N4O2/c1-4-14(21-13-7-5-6-8-13)15(20)18-11(2)12(3)19-10-16-9-17-19/h9-14H,4-8H2,1-3H3,(H,18,20)/t11-,12+,14-/m0/s1. The van der Waals surface area contributed by atoms with Gasteiger partial charge in [-0.1, -0.05) is 19.8 Å². The first kappa shape index (κ1) is 15.9. The van der Waals surface area contributed by atoms with Gasteiger partial charge in [0.2, 0.25) is 5.91 Å². The van der Waals surface area contributed by atoms with Crippen molar-refractivity contribution in [3.8, 4) is 0 Å². The fraction of sp³-hybridized carbons (Fsp3) is 0.800. The van der Waals surface area contributed by atoms with Crippen molar-refractivity contribution >= 4 is 5.91 Å². The molecule has 2 rings (SSSR count). The molecule has 1 fully saturated rings. The van der Waals surface area contributed by atoms with Crippen LogP contribution < -0.4 is 5.32 Å². The SMILES string of the molecule is CC[C@H](OC1CCCC1)C(=O)N[C@@H](C)[C@@H](C)n1cncn1. The summed E-state index contributed by atoms with van der Waals surface area (Å²) in [6, 6.07) is 0.0286. The number of hydrogen-bond acceptors (Lipinski definition) is 4. The second-order valence-electron chi connectivity index (χ2n) is 5.85. The van der Waals surface area contributed by atoms with E-state index in [9.17, 15) is 4.79 Å². The van der Waals surface area contributed by atoms with Crippen LogP contribution in [-0.2, 0) is 9.53 Å². The Hall–Kier alpha value is -1.43. The average molecular weight is 294 g/mol. The summed E-state index contributed by atoms with van der Waals surface area (Å²) in [5.41, 5.74) is 0. The van der Waals surface area contributed by atoms with Crippen molar-refractivity contribution < 1.29 is 9.53 Å². The molecule has 0 spiro atoms. The molecule has 1 aliphatic rings. The van der Waals surface area contributed by atoms with E-state index in [1.807, 2.05) is 20.8 Å². The molecule has 1 aliphatic carbocycles. The van der Waals surface area contributed by atoms with Crippen LogP contribution in [0.2, 0.25) is 0 Å². The number of amides is 1. The van der Waals surface area contributed by atoms with E-state index in [2.05, 4.69) is 15.4 Å². The van der Waals surface area contributed by atoms with Gasteiger partial charge >= 0.3 is 0 Å². The van der Waals surface area contributed by atoms with Crippen LogP contribution in [0.1, 0.15) is 58.9 Å². The van der Waals surface area contributed by atoms with E-state index in [4.69, 9.17) is 4.74 Å². The van der Waals surface area contributed by atoms with Crippen molar-refractivity contribution in [2.45, 2.75) is 77.2 Å². The van der Waals surface area contributed by atoms with Crippen LogP contribution in [0.15, 0.2) is 12.7 Å². The third-order valence-corrected chi connectivity index (χ3v) is 4.27. The maximum absolute atomic E-state index is 12.4. The second-order valence-corrected chi connectivity index (χ2v) is 5.85. The molecular formula is C15H26N4O2. The summed E-state index contributed by atoms with van der Waals surface area (Å²) in [5, 5.41) is 7.16. The van der Waals surface area contributed by atoms with Crippen LogP contribution in [0.5, 0.6) is 0 Å². The molecule has 118 valence electrons. The molecule has 6 nitrogen and oxygen atoms in total. The van der Waals surface area contributed by atoms with Crippen LogP contribution in [-0.4, -0.2) is 38.9 Å². The van der Waals surface area contributed by atoms with Crippen molar-refractivity contribution in [2.24, 2.45) is 0 Å². The molecule has 1 N–H and O–H groups in total. The molecule has 1 saturated carbocycles. The number of hydrogen-bond donors (Lipinski definition) is 1. The van der Waals surface area contributed by atoms with Gasteiger partial charge in [0.25, 0.3) is 0 Å². The fourth-order valence-electron chi connectivity index (χ4n) is 2.69. The maximum Gasteiger partial charge on any atom is 0.249 e. The monoisotopic (exact) mass is 294 g/mol. The molecule has 0 aromatic carbocycles. The highest BCUT2D eigenvalue weighted by atomic mass is 16.5.